The number of aliphatic imine (C=N–C) groups is 2. The van der Waals surface area contributed by atoms with E-state index >= 15 is 0 Å². The number of para-hydroxylation sites is 1. The van der Waals surface area contributed by atoms with Gasteiger partial charge in [0.2, 0.25) is 16.0 Å². The molecule has 0 spiro atoms. The Morgan fingerprint density at radius 1 is 1.17 bits per heavy atom. The van der Waals surface area contributed by atoms with E-state index in [-0.39, 0.29) is 18.4 Å². The number of anilines is 1. The van der Waals surface area contributed by atoms with Crippen LogP contribution in [0.3, 0.4) is 0 Å². The first-order valence-corrected chi connectivity index (χ1v) is 14.1. The van der Waals surface area contributed by atoms with Gasteiger partial charge in [-0.25, -0.2) is 18.4 Å². The molecule has 12 nitrogen and oxygen atoms in total. The lowest BCUT2D eigenvalue weighted by atomic mass is 10.2. The summed E-state index contributed by atoms with van der Waals surface area (Å²) in [6, 6.07) is 7.05. The number of ether oxygens (including phenoxy) is 3. The molecule has 2 aromatic heterocycles. The monoisotopic (exact) mass is 581 g/mol. The molecule has 0 saturated heterocycles. The van der Waals surface area contributed by atoms with Crippen molar-refractivity contribution in [3.05, 3.63) is 66.7 Å². The predicted molar refractivity (Wildman–Crippen MR) is 161 cm³/mol. The fourth-order valence-electron chi connectivity index (χ4n) is 3.85. The molecule has 0 aliphatic carbocycles. The maximum Gasteiger partial charge on any atom is 0.243 e. The Balaban J connectivity index is 2.20. The van der Waals surface area contributed by atoms with E-state index in [9.17, 15) is 8.42 Å². The minimum atomic E-state index is -4.20. The van der Waals surface area contributed by atoms with Crippen molar-refractivity contribution in [2.75, 3.05) is 25.5 Å². The second kappa shape index (κ2) is 13.8. The molecule has 0 amide bonds. The number of hydrogen-bond donors (Lipinski definition) is 1. The van der Waals surface area contributed by atoms with Gasteiger partial charge in [-0.05, 0) is 58.2 Å². The molecule has 1 N–H and O–H groups in total. The van der Waals surface area contributed by atoms with Crippen LogP contribution in [0.4, 0.5) is 5.95 Å². The van der Waals surface area contributed by atoms with Gasteiger partial charge in [-0.15, -0.1) is 16.8 Å². The SMILES string of the molecule is C=CCO[C@@H](/C(N=C)=N/C=C(C)C)[C@@H](C)S(=O)(=O)Nc1nnc(-c2cncc(C)c2)n1-c1c(OC)cccc1OC. The quantitative estimate of drug-likeness (QED) is 0.178. The van der Waals surface area contributed by atoms with Gasteiger partial charge in [-0.2, -0.15) is 0 Å². The molecule has 0 aliphatic rings. The second-order valence-corrected chi connectivity index (χ2v) is 11.2. The van der Waals surface area contributed by atoms with Crippen molar-refractivity contribution in [2.45, 2.75) is 39.0 Å². The lowest BCUT2D eigenvalue weighted by molar-refractivity contribution is 0.121. The molecule has 0 aliphatic heterocycles. The Morgan fingerprint density at radius 3 is 2.41 bits per heavy atom. The third-order valence-electron chi connectivity index (χ3n) is 5.84. The number of allylic oxidation sites excluding steroid dienone is 1. The number of nitrogens with one attached hydrogen (secondary N) is 1. The normalized spacial score (nSPS) is 13.2. The lowest BCUT2D eigenvalue weighted by Gasteiger charge is -2.24. The fourth-order valence-corrected chi connectivity index (χ4v) is 4.95. The van der Waals surface area contributed by atoms with E-state index in [2.05, 4.69) is 43.2 Å². The van der Waals surface area contributed by atoms with Crippen molar-refractivity contribution in [1.82, 2.24) is 19.7 Å². The molecule has 1 aromatic carbocycles. The van der Waals surface area contributed by atoms with E-state index in [1.165, 1.54) is 31.8 Å². The number of methoxy groups -OCH3 is 2. The van der Waals surface area contributed by atoms with Gasteiger partial charge in [-0.1, -0.05) is 17.7 Å². The van der Waals surface area contributed by atoms with Crippen LogP contribution in [-0.2, 0) is 14.8 Å². The molecule has 218 valence electrons. The van der Waals surface area contributed by atoms with Crippen molar-refractivity contribution in [3.63, 3.8) is 0 Å². The predicted octanol–water partition coefficient (Wildman–Crippen LogP) is 4.38. The van der Waals surface area contributed by atoms with Crippen molar-refractivity contribution in [1.29, 1.82) is 0 Å². The topological polar surface area (TPSA) is 142 Å². The molecule has 3 aromatic rings. The zero-order valence-corrected chi connectivity index (χ0v) is 24.8. The summed E-state index contributed by atoms with van der Waals surface area (Å²) in [5.74, 6) is 1.11. The number of amidine groups is 1. The van der Waals surface area contributed by atoms with Crippen LogP contribution in [-0.4, -0.2) is 72.9 Å². The summed E-state index contributed by atoms with van der Waals surface area (Å²) in [5, 5.41) is 7.35. The van der Waals surface area contributed by atoms with Gasteiger partial charge in [0.05, 0.1) is 20.8 Å². The summed E-state index contributed by atoms with van der Waals surface area (Å²) in [4.78, 5) is 12.5. The minimum Gasteiger partial charge on any atom is -0.494 e. The zero-order valence-electron chi connectivity index (χ0n) is 24.0. The van der Waals surface area contributed by atoms with E-state index in [1.54, 1.807) is 36.8 Å². The molecule has 3 rings (SSSR count). The molecule has 13 heteroatoms. The van der Waals surface area contributed by atoms with Crippen LogP contribution >= 0.6 is 0 Å². The number of pyridine rings is 1. The van der Waals surface area contributed by atoms with E-state index in [0.29, 0.717) is 28.6 Å². The van der Waals surface area contributed by atoms with Crippen LogP contribution in [0.1, 0.15) is 26.3 Å². The highest BCUT2D eigenvalue weighted by Gasteiger charge is 2.36. The summed E-state index contributed by atoms with van der Waals surface area (Å²) in [6.07, 6.45) is 5.31. The molecular weight excluding hydrogens is 546 g/mol. The van der Waals surface area contributed by atoms with Gasteiger partial charge in [-0.3, -0.25) is 14.3 Å². The fraction of sp³-hybridized carbons (Fsp3) is 0.321. The van der Waals surface area contributed by atoms with Crippen LogP contribution in [0.25, 0.3) is 17.1 Å². The number of aryl methyl sites for hydroxylation is 1. The number of hydrogen-bond acceptors (Lipinski definition) is 9. The molecule has 0 fully saturated rings. The van der Waals surface area contributed by atoms with Crippen molar-refractivity contribution < 1.29 is 22.6 Å². The van der Waals surface area contributed by atoms with Crippen LogP contribution in [0.2, 0.25) is 0 Å². The van der Waals surface area contributed by atoms with E-state index in [0.717, 1.165) is 11.1 Å². The third-order valence-corrected chi connectivity index (χ3v) is 7.53. The Hall–Kier alpha value is -4.36. The molecule has 2 heterocycles. The van der Waals surface area contributed by atoms with E-state index < -0.39 is 21.4 Å². The largest absolute Gasteiger partial charge is 0.494 e. The highest BCUT2D eigenvalue weighted by molar-refractivity contribution is 7.93. The average molecular weight is 582 g/mol. The molecular formula is C28H35N7O5S. The van der Waals surface area contributed by atoms with Crippen LogP contribution in [0.5, 0.6) is 11.5 Å². The number of nitrogens with zero attached hydrogens (tertiary/aromatic N) is 6. The van der Waals surface area contributed by atoms with Gasteiger partial charge in [0.15, 0.2) is 11.7 Å². The van der Waals surface area contributed by atoms with Gasteiger partial charge < -0.3 is 14.2 Å². The molecule has 0 bridgehead atoms. The summed E-state index contributed by atoms with van der Waals surface area (Å²) in [7, 11) is -1.20. The Kier molecular flexibility index (Phi) is 10.5. The zero-order chi connectivity index (χ0) is 30.2. The number of rotatable bonds is 13. The Morgan fingerprint density at radius 2 is 1.85 bits per heavy atom. The Labute approximate surface area is 240 Å². The summed E-state index contributed by atoms with van der Waals surface area (Å²) < 4.78 is 48.8. The maximum atomic E-state index is 13.9. The molecule has 0 saturated carbocycles. The van der Waals surface area contributed by atoms with Gasteiger partial charge in [0, 0.05) is 24.2 Å². The highest BCUT2D eigenvalue weighted by Crippen LogP contribution is 2.38. The van der Waals surface area contributed by atoms with Gasteiger partial charge in [0.1, 0.15) is 28.5 Å². The van der Waals surface area contributed by atoms with Crippen LogP contribution in [0, 0.1) is 6.92 Å². The smallest absolute Gasteiger partial charge is 0.243 e. The Bertz CT molecular complexity index is 1540. The molecule has 0 unspecified atom stereocenters. The number of benzene rings is 1. The van der Waals surface area contributed by atoms with Crippen molar-refractivity contribution in [3.8, 4) is 28.6 Å². The number of aromatic nitrogens is 4. The van der Waals surface area contributed by atoms with Crippen LogP contribution in [0.15, 0.2) is 71.1 Å². The van der Waals surface area contributed by atoms with E-state index in [4.69, 9.17) is 14.2 Å². The van der Waals surface area contributed by atoms with Gasteiger partial charge in [0.25, 0.3) is 0 Å². The molecule has 0 radical (unpaired) electrons. The highest BCUT2D eigenvalue weighted by atomic mass is 32.2. The lowest BCUT2D eigenvalue weighted by Crippen LogP contribution is -2.42. The van der Waals surface area contributed by atoms with Crippen molar-refractivity contribution >= 4 is 28.5 Å². The standard InChI is InChI=1S/C28H35N7O5S/c1-9-13-40-25(26(29-6)31-15-18(2)3)20(5)41(36,37)34-28-33-32-27(21-14-19(4)16-30-17-21)35(28)24-22(38-7)11-10-12-23(24)39-8/h9-12,14-17,20,25H,1,6,13H2,2-5,7-8H3,(H,33,34)/b31-26-/t20-,25-/m1/s1. The summed E-state index contributed by atoms with van der Waals surface area (Å²) in [5.41, 5.74) is 2.76. The first-order chi connectivity index (χ1) is 19.6. The summed E-state index contributed by atoms with van der Waals surface area (Å²) in [6.45, 7) is 14.4. The molecule has 41 heavy (non-hydrogen) atoms. The van der Waals surface area contributed by atoms with Crippen molar-refractivity contribution in [2.24, 2.45) is 9.98 Å². The first-order valence-electron chi connectivity index (χ1n) is 12.6. The average Bonchev–Trinajstić information content (AvgIpc) is 3.35. The summed E-state index contributed by atoms with van der Waals surface area (Å²) >= 11 is 0. The maximum absolute atomic E-state index is 13.9. The second-order valence-electron chi connectivity index (χ2n) is 9.19. The first kappa shape index (κ1) is 31.2. The minimum absolute atomic E-state index is 0.0625. The van der Waals surface area contributed by atoms with Gasteiger partial charge >= 0.3 is 0 Å². The third kappa shape index (κ3) is 7.24. The van der Waals surface area contributed by atoms with E-state index in [1.807, 2.05) is 26.8 Å². The number of sulfonamides is 1. The van der Waals surface area contributed by atoms with Crippen LogP contribution < -0.4 is 14.2 Å². The molecule has 2 atom stereocenters.